The van der Waals surface area contributed by atoms with Gasteiger partial charge in [0.15, 0.2) is 0 Å². The van der Waals surface area contributed by atoms with Crippen LogP contribution in [0.5, 0.6) is 0 Å². The van der Waals surface area contributed by atoms with Crippen molar-refractivity contribution in [2.45, 2.75) is 26.3 Å². The van der Waals surface area contributed by atoms with Gasteiger partial charge in [-0.3, -0.25) is 0 Å². The van der Waals surface area contributed by atoms with E-state index in [1.165, 1.54) is 5.56 Å². The SMILES string of the molecule is CCC(NCC(C)COC)c1ccc(Cl)cc1. The van der Waals surface area contributed by atoms with Crippen LogP contribution in [-0.4, -0.2) is 20.3 Å². The van der Waals surface area contributed by atoms with Crippen LogP contribution in [0.2, 0.25) is 5.02 Å². The Balaban J connectivity index is 2.51. The van der Waals surface area contributed by atoms with Crippen LogP contribution in [-0.2, 0) is 4.74 Å². The van der Waals surface area contributed by atoms with Gasteiger partial charge in [0.1, 0.15) is 0 Å². The molecular formula is C14H22ClNO. The Kier molecular flexibility index (Phi) is 6.56. The molecule has 0 bridgehead atoms. The third kappa shape index (κ3) is 5.07. The minimum atomic E-state index is 0.395. The second-order valence-corrected chi connectivity index (χ2v) is 4.92. The Morgan fingerprint density at radius 1 is 1.29 bits per heavy atom. The monoisotopic (exact) mass is 255 g/mol. The van der Waals surface area contributed by atoms with E-state index in [0.29, 0.717) is 12.0 Å². The molecule has 2 unspecified atom stereocenters. The zero-order chi connectivity index (χ0) is 12.7. The van der Waals surface area contributed by atoms with E-state index < -0.39 is 0 Å². The highest BCUT2D eigenvalue weighted by atomic mass is 35.5. The van der Waals surface area contributed by atoms with Crippen molar-refractivity contribution < 1.29 is 4.74 Å². The number of ether oxygens (including phenoxy) is 1. The summed E-state index contributed by atoms with van der Waals surface area (Å²) in [6.45, 7) is 6.14. The van der Waals surface area contributed by atoms with Gasteiger partial charge in [-0.2, -0.15) is 0 Å². The number of hydrogen-bond acceptors (Lipinski definition) is 2. The molecule has 1 rings (SSSR count). The molecule has 0 aliphatic carbocycles. The van der Waals surface area contributed by atoms with Gasteiger partial charge in [-0.15, -0.1) is 0 Å². The Hall–Kier alpha value is -0.570. The van der Waals surface area contributed by atoms with E-state index in [2.05, 4.69) is 31.3 Å². The van der Waals surface area contributed by atoms with Crippen LogP contribution in [0, 0.1) is 5.92 Å². The highest BCUT2D eigenvalue weighted by molar-refractivity contribution is 6.30. The van der Waals surface area contributed by atoms with Gasteiger partial charge in [-0.25, -0.2) is 0 Å². The summed E-state index contributed by atoms with van der Waals surface area (Å²) < 4.78 is 5.13. The van der Waals surface area contributed by atoms with Gasteiger partial charge in [0, 0.05) is 31.3 Å². The Morgan fingerprint density at radius 3 is 2.47 bits per heavy atom. The summed E-state index contributed by atoms with van der Waals surface area (Å²) in [7, 11) is 1.74. The van der Waals surface area contributed by atoms with Gasteiger partial charge in [-0.1, -0.05) is 37.6 Å². The van der Waals surface area contributed by atoms with Gasteiger partial charge in [-0.05, 0) is 30.0 Å². The third-order valence-electron chi connectivity index (χ3n) is 2.84. The van der Waals surface area contributed by atoms with E-state index in [4.69, 9.17) is 16.3 Å². The van der Waals surface area contributed by atoms with E-state index in [-0.39, 0.29) is 0 Å². The quantitative estimate of drug-likeness (QED) is 0.803. The van der Waals surface area contributed by atoms with Crippen molar-refractivity contribution in [2.75, 3.05) is 20.3 Å². The lowest BCUT2D eigenvalue weighted by atomic mass is 10.0. The maximum Gasteiger partial charge on any atom is 0.0499 e. The van der Waals surface area contributed by atoms with Crippen LogP contribution < -0.4 is 5.32 Å². The molecule has 0 aliphatic rings. The van der Waals surface area contributed by atoms with E-state index in [1.807, 2.05) is 12.1 Å². The first-order valence-electron chi connectivity index (χ1n) is 6.15. The fraction of sp³-hybridized carbons (Fsp3) is 0.571. The maximum absolute atomic E-state index is 5.89. The number of halogens is 1. The highest BCUT2D eigenvalue weighted by Gasteiger charge is 2.10. The van der Waals surface area contributed by atoms with E-state index in [9.17, 15) is 0 Å². The number of benzene rings is 1. The standard InChI is InChI=1S/C14H22ClNO/c1-4-14(16-9-11(2)10-17-3)12-5-7-13(15)8-6-12/h5-8,11,14,16H,4,9-10H2,1-3H3. The van der Waals surface area contributed by atoms with E-state index in [0.717, 1.165) is 24.6 Å². The second-order valence-electron chi connectivity index (χ2n) is 4.48. The van der Waals surface area contributed by atoms with Crippen molar-refractivity contribution in [3.63, 3.8) is 0 Å². The lowest BCUT2D eigenvalue weighted by Crippen LogP contribution is -2.27. The molecule has 1 aromatic rings. The zero-order valence-electron chi connectivity index (χ0n) is 10.9. The fourth-order valence-electron chi connectivity index (χ4n) is 1.88. The predicted octanol–water partition coefficient (Wildman–Crippen LogP) is 3.66. The van der Waals surface area contributed by atoms with Gasteiger partial charge >= 0.3 is 0 Å². The predicted molar refractivity (Wildman–Crippen MR) is 73.5 cm³/mol. The zero-order valence-corrected chi connectivity index (χ0v) is 11.6. The molecule has 2 atom stereocenters. The molecule has 0 saturated heterocycles. The van der Waals surface area contributed by atoms with Crippen LogP contribution >= 0.6 is 11.6 Å². The molecule has 2 nitrogen and oxygen atoms in total. The van der Waals surface area contributed by atoms with E-state index in [1.54, 1.807) is 7.11 Å². The van der Waals surface area contributed by atoms with Crippen LogP contribution in [0.1, 0.15) is 31.9 Å². The van der Waals surface area contributed by atoms with Gasteiger partial charge in [0.2, 0.25) is 0 Å². The van der Waals surface area contributed by atoms with Crippen molar-refractivity contribution >= 4 is 11.6 Å². The van der Waals surface area contributed by atoms with Crippen LogP contribution in [0.3, 0.4) is 0 Å². The normalized spacial score (nSPS) is 14.6. The minimum Gasteiger partial charge on any atom is -0.384 e. The first kappa shape index (κ1) is 14.5. The molecule has 17 heavy (non-hydrogen) atoms. The Bertz CT molecular complexity index is 313. The largest absolute Gasteiger partial charge is 0.384 e. The molecule has 0 aromatic heterocycles. The van der Waals surface area contributed by atoms with E-state index >= 15 is 0 Å². The summed E-state index contributed by atoms with van der Waals surface area (Å²) in [5.41, 5.74) is 1.29. The van der Waals surface area contributed by atoms with Crippen molar-refractivity contribution in [1.29, 1.82) is 0 Å². The number of rotatable bonds is 7. The fourth-order valence-corrected chi connectivity index (χ4v) is 2.01. The third-order valence-corrected chi connectivity index (χ3v) is 3.10. The summed E-state index contributed by atoms with van der Waals surface area (Å²) in [5.74, 6) is 0.529. The molecule has 3 heteroatoms. The molecule has 1 aromatic carbocycles. The first-order chi connectivity index (χ1) is 8.17. The molecule has 0 amide bonds. The molecule has 0 spiro atoms. The smallest absolute Gasteiger partial charge is 0.0499 e. The molecular weight excluding hydrogens is 234 g/mol. The van der Waals surface area contributed by atoms with Crippen molar-refractivity contribution in [3.8, 4) is 0 Å². The summed E-state index contributed by atoms with van der Waals surface area (Å²) in [6.07, 6.45) is 1.07. The van der Waals surface area contributed by atoms with Crippen molar-refractivity contribution in [1.82, 2.24) is 5.32 Å². The number of nitrogens with one attached hydrogen (secondary N) is 1. The molecule has 96 valence electrons. The van der Waals surface area contributed by atoms with Gasteiger partial charge < -0.3 is 10.1 Å². The lowest BCUT2D eigenvalue weighted by Gasteiger charge is -2.20. The Morgan fingerprint density at radius 2 is 1.94 bits per heavy atom. The van der Waals surface area contributed by atoms with Crippen LogP contribution in [0.25, 0.3) is 0 Å². The van der Waals surface area contributed by atoms with Crippen molar-refractivity contribution in [2.24, 2.45) is 5.92 Å². The maximum atomic E-state index is 5.89. The Labute approximate surface area is 109 Å². The topological polar surface area (TPSA) is 21.3 Å². The molecule has 0 heterocycles. The number of methoxy groups -OCH3 is 1. The number of hydrogen-bond donors (Lipinski definition) is 1. The van der Waals surface area contributed by atoms with Crippen molar-refractivity contribution in [3.05, 3.63) is 34.9 Å². The first-order valence-corrected chi connectivity index (χ1v) is 6.53. The molecule has 0 fully saturated rings. The molecule has 0 radical (unpaired) electrons. The average molecular weight is 256 g/mol. The van der Waals surface area contributed by atoms with Gasteiger partial charge in [0.05, 0.1) is 0 Å². The van der Waals surface area contributed by atoms with Gasteiger partial charge in [0.25, 0.3) is 0 Å². The molecule has 0 saturated carbocycles. The summed E-state index contributed by atoms with van der Waals surface area (Å²) in [4.78, 5) is 0. The summed E-state index contributed by atoms with van der Waals surface area (Å²) in [6, 6.07) is 8.46. The van der Waals surface area contributed by atoms with Crippen LogP contribution in [0.15, 0.2) is 24.3 Å². The minimum absolute atomic E-state index is 0.395. The highest BCUT2D eigenvalue weighted by Crippen LogP contribution is 2.19. The van der Waals surface area contributed by atoms with Crippen LogP contribution in [0.4, 0.5) is 0 Å². The molecule has 0 aliphatic heterocycles. The molecule has 1 N–H and O–H groups in total. The summed E-state index contributed by atoms with van der Waals surface area (Å²) >= 11 is 5.89. The lowest BCUT2D eigenvalue weighted by molar-refractivity contribution is 0.156. The average Bonchev–Trinajstić information content (AvgIpc) is 2.32. The second kappa shape index (κ2) is 7.70. The summed E-state index contributed by atoms with van der Waals surface area (Å²) in [5, 5.41) is 4.35.